The highest BCUT2D eigenvalue weighted by Gasteiger charge is 2.28. The maximum absolute atomic E-state index is 10.6. The summed E-state index contributed by atoms with van der Waals surface area (Å²) in [6, 6.07) is 6.63. The first kappa shape index (κ1) is 11.4. The summed E-state index contributed by atoms with van der Waals surface area (Å²) < 4.78 is 0. The molecule has 1 aromatic carbocycles. The number of nitro benzene ring substituents is 1. The lowest BCUT2D eigenvalue weighted by molar-refractivity contribution is -0.384. The molecule has 0 saturated heterocycles. The van der Waals surface area contributed by atoms with Gasteiger partial charge in [0.1, 0.15) is 6.07 Å². The van der Waals surface area contributed by atoms with Crippen LogP contribution in [0, 0.1) is 27.4 Å². The van der Waals surface area contributed by atoms with E-state index in [-0.39, 0.29) is 5.69 Å². The van der Waals surface area contributed by atoms with Crippen molar-refractivity contribution >= 4 is 11.4 Å². The minimum Gasteiger partial charge on any atom is -0.381 e. The molecule has 0 amide bonds. The van der Waals surface area contributed by atoms with Crippen LogP contribution in [-0.4, -0.2) is 11.0 Å². The minimum absolute atomic E-state index is 0.0498. The van der Waals surface area contributed by atoms with Gasteiger partial charge in [-0.15, -0.1) is 0 Å². The molecule has 1 fully saturated rings. The van der Waals surface area contributed by atoms with E-state index in [9.17, 15) is 10.1 Å². The number of hydrogen-bond donors (Lipinski definition) is 1. The van der Waals surface area contributed by atoms with Crippen molar-refractivity contribution in [2.24, 2.45) is 5.92 Å². The summed E-state index contributed by atoms with van der Waals surface area (Å²) in [5.74, 6) is 0.664. The Bertz CT molecular complexity index is 489. The lowest BCUT2D eigenvalue weighted by Crippen LogP contribution is -2.17. The summed E-state index contributed by atoms with van der Waals surface area (Å²) in [4.78, 5) is 10.1. The summed E-state index contributed by atoms with van der Waals surface area (Å²) >= 11 is 0. The van der Waals surface area contributed by atoms with Crippen LogP contribution in [0.4, 0.5) is 11.4 Å². The molecule has 0 aromatic heterocycles. The Morgan fingerprint density at radius 2 is 2.29 bits per heavy atom. The Morgan fingerprint density at radius 1 is 1.59 bits per heavy atom. The quantitative estimate of drug-likeness (QED) is 0.638. The molecule has 1 N–H and O–H groups in total. The van der Waals surface area contributed by atoms with E-state index in [4.69, 9.17) is 5.26 Å². The molecule has 0 heterocycles. The summed E-state index contributed by atoms with van der Waals surface area (Å²) in [6.07, 6.45) is 2.42. The lowest BCUT2D eigenvalue weighted by Gasteiger charge is -2.15. The average molecular weight is 231 g/mol. The number of rotatable bonds is 4. The van der Waals surface area contributed by atoms with Gasteiger partial charge in [0.25, 0.3) is 5.69 Å². The maximum atomic E-state index is 10.6. The van der Waals surface area contributed by atoms with E-state index in [1.165, 1.54) is 25.0 Å². The van der Waals surface area contributed by atoms with Crippen molar-refractivity contribution in [1.82, 2.24) is 0 Å². The first-order chi connectivity index (χ1) is 8.11. The van der Waals surface area contributed by atoms with Gasteiger partial charge in [0, 0.05) is 18.2 Å². The standard InChI is InChI=1S/C12H13N3O2/c1-8(9-2-3-9)14-12-5-4-11(15(16)17)6-10(12)7-13/h4-6,8-9,14H,2-3H2,1H3/t8-/m1/s1. The van der Waals surface area contributed by atoms with Gasteiger partial charge in [-0.2, -0.15) is 5.26 Å². The number of non-ortho nitro benzene ring substituents is 1. The van der Waals surface area contributed by atoms with Gasteiger partial charge in [0.05, 0.1) is 16.2 Å². The Labute approximate surface area is 99.2 Å². The van der Waals surface area contributed by atoms with E-state index in [2.05, 4.69) is 12.2 Å². The zero-order chi connectivity index (χ0) is 12.4. The fourth-order valence-corrected chi connectivity index (χ4v) is 1.82. The Hall–Kier alpha value is -2.09. The second-order valence-corrected chi connectivity index (χ2v) is 4.37. The molecule has 1 saturated carbocycles. The van der Waals surface area contributed by atoms with Crippen LogP contribution in [0.15, 0.2) is 18.2 Å². The summed E-state index contributed by atoms with van der Waals surface area (Å²) in [5, 5.41) is 22.8. The van der Waals surface area contributed by atoms with Crippen LogP contribution in [0.25, 0.3) is 0 Å². The van der Waals surface area contributed by atoms with E-state index < -0.39 is 4.92 Å². The molecule has 1 aromatic rings. The monoisotopic (exact) mass is 231 g/mol. The number of anilines is 1. The van der Waals surface area contributed by atoms with Gasteiger partial charge < -0.3 is 5.32 Å². The number of nitrogens with one attached hydrogen (secondary N) is 1. The molecule has 2 rings (SSSR count). The van der Waals surface area contributed by atoms with Crippen molar-refractivity contribution < 1.29 is 4.92 Å². The predicted octanol–water partition coefficient (Wildman–Crippen LogP) is 2.68. The average Bonchev–Trinajstić information content (AvgIpc) is 3.13. The van der Waals surface area contributed by atoms with E-state index in [1.54, 1.807) is 6.07 Å². The summed E-state index contributed by atoms with van der Waals surface area (Å²) in [5.41, 5.74) is 0.954. The second kappa shape index (κ2) is 4.42. The van der Waals surface area contributed by atoms with Crippen molar-refractivity contribution in [2.75, 3.05) is 5.32 Å². The number of benzene rings is 1. The van der Waals surface area contributed by atoms with Gasteiger partial charge in [-0.25, -0.2) is 0 Å². The third-order valence-corrected chi connectivity index (χ3v) is 3.05. The van der Waals surface area contributed by atoms with Crippen molar-refractivity contribution in [3.05, 3.63) is 33.9 Å². The third-order valence-electron chi connectivity index (χ3n) is 3.05. The highest BCUT2D eigenvalue weighted by molar-refractivity contribution is 5.61. The first-order valence-corrected chi connectivity index (χ1v) is 5.57. The van der Waals surface area contributed by atoms with E-state index in [0.29, 0.717) is 23.2 Å². The Balaban J connectivity index is 2.21. The highest BCUT2D eigenvalue weighted by atomic mass is 16.6. The number of nitriles is 1. The number of nitro groups is 1. The van der Waals surface area contributed by atoms with Gasteiger partial charge >= 0.3 is 0 Å². The molecule has 1 aliphatic rings. The molecule has 5 nitrogen and oxygen atoms in total. The van der Waals surface area contributed by atoms with Crippen molar-refractivity contribution in [3.63, 3.8) is 0 Å². The largest absolute Gasteiger partial charge is 0.381 e. The molecular weight excluding hydrogens is 218 g/mol. The van der Waals surface area contributed by atoms with E-state index >= 15 is 0 Å². The third kappa shape index (κ3) is 2.53. The van der Waals surface area contributed by atoms with Crippen LogP contribution in [0.1, 0.15) is 25.3 Å². The zero-order valence-electron chi connectivity index (χ0n) is 9.51. The van der Waals surface area contributed by atoms with Crippen LogP contribution in [0.5, 0.6) is 0 Å². The van der Waals surface area contributed by atoms with Gasteiger partial charge in [-0.3, -0.25) is 10.1 Å². The highest BCUT2D eigenvalue weighted by Crippen LogP contribution is 2.34. The van der Waals surface area contributed by atoms with Gasteiger partial charge in [-0.1, -0.05) is 0 Å². The smallest absolute Gasteiger partial charge is 0.270 e. The van der Waals surface area contributed by atoms with Crippen LogP contribution in [0.2, 0.25) is 0 Å². The Morgan fingerprint density at radius 3 is 2.82 bits per heavy atom. The molecular formula is C12H13N3O2. The topological polar surface area (TPSA) is 79.0 Å². The molecule has 0 aliphatic heterocycles. The number of hydrogen-bond acceptors (Lipinski definition) is 4. The number of nitrogens with zero attached hydrogens (tertiary/aromatic N) is 2. The van der Waals surface area contributed by atoms with Crippen LogP contribution in [-0.2, 0) is 0 Å². The molecule has 88 valence electrons. The maximum Gasteiger partial charge on any atom is 0.270 e. The molecule has 0 radical (unpaired) electrons. The SMILES string of the molecule is C[C@@H](Nc1ccc([N+](=O)[O-])cc1C#N)C1CC1. The fraction of sp³-hybridized carbons (Fsp3) is 0.417. The Kier molecular flexibility index (Phi) is 2.96. The van der Waals surface area contributed by atoms with Crippen molar-refractivity contribution in [3.8, 4) is 6.07 Å². The van der Waals surface area contributed by atoms with Crippen LogP contribution < -0.4 is 5.32 Å². The normalized spacial score (nSPS) is 16.0. The second-order valence-electron chi connectivity index (χ2n) is 4.37. The van der Waals surface area contributed by atoms with E-state index in [1.807, 2.05) is 6.07 Å². The predicted molar refractivity (Wildman–Crippen MR) is 63.6 cm³/mol. The molecule has 0 spiro atoms. The molecule has 5 heteroatoms. The van der Waals surface area contributed by atoms with Gasteiger partial charge in [-0.05, 0) is 31.7 Å². The van der Waals surface area contributed by atoms with Crippen molar-refractivity contribution in [2.45, 2.75) is 25.8 Å². The van der Waals surface area contributed by atoms with E-state index in [0.717, 1.165) is 0 Å². The lowest BCUT2D eigenvalue weighted by atomic mass is 10.1. The van der Waals surface area contributed by atoms with Crippen molar-refractivity contribution in [1.29, 1.82) is 5.26 Å². The molecule has 1 aliphatic carbocycles. The molecule has 1 atom stereocenters. The van der Waals surface area contributed by atoms with Crippen LogP contribution >= 0.6 is 0 Å². The van der Waals surface area contributed by atoms with Gasteiger partial charge in [0.2, 0.25) is 0 Å². The molecule has 0 bridgehead atoms. The van der Waals surface area contributed by atoms with Gasteiger partial charge in [0.15, 0.2) is 0 Å². The fourth-order valence-electron chi connectivity index (χ4n) is 1.82. The summed E-state index contributed by atoms with van der Waals surface area (Å²) in [6.45, 7) is 2.07. The molecule has 17 heavy (non-hydrogen) atoms. The minimum atomic E-state index is -0.491. The molecule has 0 unspecified atom stereocenters. The summed E-state index contributed by atoms with van der Waals surface area (Å²) in [7, 11) is 0. The van der Waals surface area contributed by atoms with Crippen LogP contribution in [0.3, 0.4) is 0 Å². The zero-order valence-corrected chi connectivity index (χ0v) is 9.51. The first-order valence-electron chi connectivity index (χ1n) is 5.57.